The highest BCUT2D eigenvalue weighted by atomic mass is 16.5. The van der Waals surface area contributed by atoms with Crippen LogP contribution < -0.4 is 29.6 Å². The lowest BCUT2D eigenvalue weighted by Gasteiger charge is -2.29. The molecule has 1 aliphatic rings. The van der Waals surface area contributed by atoms with Crippen LogP contribution in [0.5, 0.6) is 23.0 Å². The number of hydrogen-bond donors (Lipinski definition) is 4. The summed E-state index contributed by atoms with van der Waals surface area (Å²) < 4.78 is 24.4. The second kappa shape index (κ2) is 16.3. The SMILES string of the molecule is O=C(O)[C@@H](Oc1ccccc1)C1NCCCN[C@@H]([C@H](Oc2ccccc2)C(=O)O)c2ccccc2OCCCOc2ccccc21. The van der Waals surface area contributed by atoms with Crippen molar-refractivity contribution in [3.05, 3.63) is 120 Å². The van der Waals surface area contributed by atoms with Crippen LogP contribution >= 0.6 is 0 Å². The van der Waals surface area contributed by atoms with Crippen molar-refractivity contribution < 1.29 is 38.7 Å². The number of nitrogens with one attached hydrogen (secondary N) is 2. The molecule has 1 unspecified atom stereocenters. The zero-order chi connectivity index (χ0) is 32.1. The Morgan fingerprint density at radius 1 is 0.587 bits per heavy atom. The van der Waals surface area contributed by atoms with Gasteiger partial charge in [-0.15, -0.1) is 0 Å². The average molecular weight is 627 g/mol. The molecule has 0 radical (unpaired) electrons. The molecule has 0 bridgehead atoms. The van der Waals surface area contributed by atoms with Crippen LogP contribution in [0.2, 0.25) is 0 Å². The van der Waals surface area contributed by atoms with Crippen molar-refractivity contribution in [2.24, 2.45) is 0 Å². The Kier molecular flexibility index (Phi) is 11.5. The number of aliphatic carboxylic acids is 2. The molecule has 240 valence electrons. The van der Waals surface area contributed by atoms with E-state index < -0.39 is 36.2 Å². The molecule has 4 atom stereocenters. The number of benzene rings is 4. The smallest absolute Gasteiger partial charge is 0.346 e. The van der Waals surface area contributed by atoms with Gasteiger partial charge in [0.1, 0.15) is 23.0 Å². The Morgan fingerprint density at radius 2 is 0.978 bits per heavy atom. The maximum atomic E-state index is 12.6. The predicted octanol–water partition coefficient (Wildman–Crippen LogP) is 5.26. The first-order valence-electron chi connectivity index (χ1n) is 15.3. The Balaban J connectivity index is 1.43. The number of carboxylic acid groups (broad SMARTS) is 2. The van der Waals surface area contributed by atoms with Gasteiger partial charge in [0.05, 0.1) is 25.3 Å². The second-order valence-corrected chi connectivity index (χ2v) is 10.7. The maximum absolute atomic E-state index is 12.6. The van der Waals surface area contributed by atoms with E-state index in [9.17, 15) is 19.8 Å². The molecule has 4 aromatic carbocycles. The Hall–Kier alpha value is -5.06. The van der Waals surface area contributed by atoms with Crippen molar-refractivity contribution in [3.8, 4) is 23.0 Å². The van der Waals surface area contributed by atoms with Crippen LogP contribution in [-0.2, 0) is 9.59 Å². The second-order valence-electron chi connectivity index (χ2n) is 10.7. The van der Waals surface area contributed by atoms with E-state index in [0.29, 0.717) is 73.3 Å². The normalized spacial score (nSPS) is 18.7. The predicted molar refractivity (Wildman–Crippen MR) is 172 cm³/mol. The van der Waals surface area contributed by atoms with Crippen molar-refractivity contribution in [2.75, 3.05) is 26.3 Å². The number of rotatable bonds is 8. The number of carbonyl (C=O) groups is 2. The van der Waals surface area contributed by atoms with Crippen LogP contribution in [0.25, 0.3) is 0 Å². The molecule has 1 aliphatic heterocycles. The topological polar surface area (TPSA) is 136 Å². The number of fused-ring (bicyclic) bond motifs is 2. The van der Waals surface area contributed by atoms with Crippen LogP contribution in [0.15, 0.2) is 109 Å². The van der Waals surface area contributed by atoms with Crippen LogP contribution in [0.4, 0.5) is 0 Å². The summed E-state index contributed by atoms with van der Waals surface area (Å²) in [5, 5.41) is 27.4. The lowest BCUT2D eigenvalue weighted by molar-refractivity contribution is -0.147. The summed E-state index contributed by atoms with van der Waals surface area (Å²) in [4.78, 5) is 25.2. The van der Waals surface area contributed by atoms with Gasteiger partial charge in [0.2, 0.25) is 12.2 Å². The van der Waals surface area contributed by atoms with E-state index in [1.165, 1.54) is 0 Å². The third-order valence-corrected chi connectivity index (χ3v) is 7.50. The molecule has 0 fully saturated rings. The first-order valence-corrected chi connectivity index (χ1v) is 15.3. The summed E-state index contributed by atoms with van der Waals surface area (Å²) in [6.45, 7) is 1.38. The number of hydrogen-bond acceptors (Lipinski definition) is 8. The van der Waals surface area contributed by atoms with Crippen molar-refractivity contribution in [3.63, 3.8) is 0 Å². The molecule has 46 heavy (non-hydrogen) atoms. The van der Waals surface area contributed by atoms with Crippen molar-refractivity contribution >= 4 is 11.9 Å². The molecule has 0 spiro atoms. The minimum Gasteiger partial charge on any atom is -0.493 e. The minimum atomic E-state index is -1.27. The monoisotopic (exact) mass is 626 g/mol. The van der Waals surface area contributed by atoms with Gasteiger partial charge >= 0.3 is 11.9 Å². The number of para-hydroxylation sites is 4. The third-order valence-electron chi connectivity index (χ3n) is 7.50. The van der Waals surface area contributed by atoms with Gasteiger partial charge in [0, 0.05) is 17.5 Å². The van der Waals surface area contributed by atoms with E-state index in [4.69, 9.17) is 18.9 Å². The van der Waals surface area contributed by atoms with Crippen molar-refractivity contribution in [1.82, 2.24) is 10.6 Å². The summed E-state index contributed by atoms with van der Waals surface area (Å²) in [6.07, 6.45) is -1.49. The molecule has 4 aromatic rings. The van der Waals surface area contributed by atoms with E-state index in [1.807, 2.05) is 60.7 Å². The molecule has 10 heteroatoms. The van der Waals surface area contributed by atoms with E-state index in [0.717, 1.165) is 0 Å². The number of carboxylic acids is 2. The van der Waals surface area contributed by atoms with E-state index in [2.05, 4.69) is 10.6 Å². The fraction of sp³-hybridized carbons (Fsp3) is 0.278. The number of ether oxygens (including phenoxy) is 4. The van der Waals surface area contributed by atoms with Gasteiger partial charge in [0.15, 0.2) is 0 Å². The molecule has 0 aromatic heterocycles. The highest BCUT2D eigenvalue weighted by molar-refractivity contribution is 5.75. The third kappa shape index (κ3) is 8.56. The minimum absolute atomic E-state index is 0.305. The maximum Gasteiger partial charge on any atom is 0.346 e. The van der Waals surface area contributed by atoms with Crippen LogP contribution in [-0.4, -0.2) is 60.7 Å². The molecule has 10 nitrogen and oxygen atoms in total. The van der Waals surface area contributed by atoms with E-state index >= 15 is 0 Å². The lowest BCUT2D eigenvalue weighted by atomic mass is 9.99. The molecule has 0 saturated carbocycles. The highest BCUT2D eigenvalue weighted by Crippen LogP contribution is 2.32. The van der Waals surface area contributed by atoms with Crippen LogP contribution in [0, 0.1) is 0 Å². The summed E-state index contributed by atoms with van der Waals surface area (Å²) in [5.41, 5.74) is 1.30. The fourth-order valence-corrected chi connectivity index (χ4v) is 5.34. The Bertz CT molecular complexity index is 1440. The molecule has 1 heterocycles. The first-order chi connectivity index (χ1) is 22.5. The lowest BCUT2D eigenvalue weighted by Crippen LogP contribution is -2.44. The summed E-state index contributed by atoms with van der Waals surface area (Å²) in [7, 11) is 0. The zero-order valence-corrected chi connectivity index (χ0v) is 25.3. The van der Waals surface area contributed by atoms with Gasteiger partial charge in [0.25, 0.3) is 0 Å². The van der Waals surface area contributed by atoms with Gasteiger partial charge in [-0.1, -0.05) is 72.8 Å². The van der Waals surface area contributed by atoms with Gasteiger partial charge in [-0.2, -0.15) is 0 Å². The molecule has 5 rings (SSSR count). The van der Waals surface area contributed by atoms with E-state index in [-0.39, 0.29) is 0 Å². The van der Waals surface area contributed by atoms with Crippen LogP contribution in [0.3, 0.4) is 0 Å². The first kappa shape index (κ1) is 32.3. The molecule has 0 aliphatic carbocycles. The van der Waals surface area contributed by atoms with Gasteiger partial charge in [-0.3, -0.25) is 0 Å². The summed E-state index contributed by atoms with van der Waals surface area (Å²) >= 11 is 0. The quantitative estimate of drug-likeness (QED) is 0.205. The highest BCUT2D eigenvalue weighted by Gasteiger charge is 2.35. The summed E-state index contributed by atoms with van der Waals surface area (Å²) in [6, 6.07) is 30.8. The van der Waals surface area contributed by atoms with Gasteiger partial charge in [-0.05, 0) is 55.9 Å². The molecular weight excluding hydrogens is 588 g/mol. The largest absolute Gasteiger partial charge is 0.493 e. The van der Waals surface area contributed by atoms with Gasteiger partial charge in [-0.25, -0.2) is 9.59 Å². The van der Waals surface area contributed by atoms with Crippen molar-refractivity contribution in [2.45, 2.75) is 37.1 Å². The van der Waals surface area contributed by atoms with Crippen molar-refractivity contribution in [1.29, 1.82) is 0 Å². The Morgan fingerprint density at radius 3 is 1.39 bits per heavy atom. The summed E-state index contributed by atoms with van der Waals surface area (Å²) in [5.74, 6) is -0.291. The fourth-order valence-electron chi connectivity index (χ4n) is 5.34. The van der Waals surface area contributed by atoms with Gasteiger partial charge < -0.3 is 39.8 Å². The standard InChI is InChI=1S/C36H38N2O8/c39-35(40)33(45-25-13-3-1-4-14-25)31-27-17-7-9-19-29(27)43-23-12-24-44-30-20-10-8-18-28(30)32(38-22-11-21-37-31)34(36(41)42)46-26-15-5-2-6-16-26/h1-10,13-20,31-34,37-38H,11-12,21-24H2,(H,39,40)(H,41,42)/t31-,32?,33+,34+/m1/s1. The van der Waals surface area contributed by atoms with Crippen LogP contribution in [0.1, 0.15) is 36.1 Å². The molecular formula is C36H38N2O8. The van der Waals surface area contributed by atoms with E-state index in [1.54, 1.807) is 48.5 Å². The molecule has 0 saturated heterocycles. The molecule has 0 amide bonds. The average Bonchev–Trinajstić information content (AvgIpc) is 3.07. The zero-order valence-electron chi connectivity index (χ0n) is 25.3. The molecule has 4 N–H and O–H groups in total. The Labute approximate surface area is 267 Å².